The summed E-state index contributed by atoms with van der Waals surface area (Å²) in [7, 11) is 1.50. The topological polar surface area (TPSA) is 38.0 Å². The molecule has 0 aromatic heterocycles. The minimum absolute atomic E-state index is 1.16. The fourth-order valence-corrected chi connectivity index (χ4v) is 0.587. The van der Waals surface area contributed by atoms with Crippen LogP contribution in [0.2, 0.25) is 0 Å². The van der Waals surface area contributed by atoms with Crippen molar-refractivity contribution in [2.24, 2.45) is 5.73 Å². The van der Waals surface area contributed by atoms with Crippen LogP contribution in [0.4, 0.5) is 0 Å². The Hall–Kier alpha value is -1.02. The SMILES string of the molecule is C/C=C1/C=CC=CN1.CN. The summed E-state index contributed by atoms with van der Waals surface area (Å²) in [5.74, 6) is 0. The summed E-state index contributed by atoms with van der Waals surface area (Å²) in [5, 5.41) is 3.06. The molecule has 0 aromatic rings. The summed E-state index contributed by atoms with van der Waals surface area (Å²) in [6.07, 6.45) is 9.94. The molecule has 2 nitrogen and oxygen atoms in total. The minimum atomic E-state index is 1.16. The monoisotopic (exact) mass is 138 g/mol. The Labute approximate surface area is 62.1 Å². The summed E-state index contributed by atoms with van der Waals surface area (Å²) in [4.78, 5) is 0. The molecule has 1 rings (SSSR count). The van der Waals surface area contributed by atoms with Gasteiger partial charge in [0.15, 0.2) is 0 Å². The molecule has 0 spiro atoms. The molecule has 10 heavy (non-hydrogen) atoms. The van der Waals surface area contributed by atoms with Crippen molar-refractivity contribution in [2.75, 3.05) is 7.05 Å². The molecule has 0 fully saturated rings. The van der Waals surface area contributed by atoms with Crippen molar-refractivity contribution in [1.82, 2.24) is 5.32 Å². The third-order valence-electron chi connectivity index (χ3n) is 1.04. The lowest BCUT2D eigenvalue weighted by molar-refractivity contribution is 1.09. The standard InChI is InChI=1S/C7H9N.CH5N/c1-2-7-5-3-4-6-8-7;1-2/h2-6,8H,1H3;2H2,1H3/b7-2-;. The molecule has 0 atom stereocenters. The molecule has 0 unspecified atom stereocenters. The first-order valence-corrected chi connectivity index (χ1v) is 3.27. The van der Waals surface area contributed by atoms with E-state index in [-0.39, 0.29) is 0 Å². The second-order valence-corrected chi connectivity index (χ2v) is 1.61. The number of dihydropyridines is 1. The van der Waals surface area contributed by atoms with Gasteiger partial charge in [-0.2, -0.15) is 0 Å². The highest BCUT2D eigenvalue weighted by Crippen LogP contribution is 1.95. The molecule has 0 bridgehead atoms. The van der Waals surface area contributed by atoms with Crippen LogP contribution < -0.4 is 11.1 Å². The fraction of sp³-hybridized carbons (Fsp3) is 0.250. The summed E-state index contributed by atoms with van der Waals surface area (Å²) in [6, 6.07) is 0. The molecular formula is C8H14N2. The number of nitrogens with two attached hydrogens (primary N) is 1. The van der Waals surface area contributed by atoms with Crippen LogP contribution in [0.15, 0.2) is 36.2 Å². The lowest BCUT2D eigenvalue weighted by Crippen LogP contribution is -2.03. The lowest BCUT2D eigenvalue weighted by atomic mass is 10.3. The molecule has 0 aliphatic carbocycles. The summed E-state index contributed by atoms with van der Waals surface area (Å²) < 4.78 is 0. The van der Waals surface area contributed by atoms with E-state index in [1.807, 2.05) is 37.4 Å². The maximum atomic E-state index is 4.50. The summed E-state index contributed by atoms with van der Waals surface area (Å²) in [5.41, 5.74) is 5.66. The van der Waals surface area contributed by atoms with Crippen LogP contribution in [-0.4, -0.2) is 7.05 Å². The third-order valence-corrected chi connectivity index (χ3v) is 1.04. The summed E-state index contributed by atoms with van der Waals surface area (Å²) in [6.45, 7) is 2.01. The first kappa shape index (κ1) is 8.98. The number of hydrogen-bond acceptors (Lipinski definition) is 2. The van der Waals surface area contributed by atoms with Crippen LogP contribution in [-0.2, 0) is 0 Å². The zero-order valence-corrected chi connectivity index (χ0v) is 6.46. The molecule has 0 radical (unpaired) electrons. The largest absolute Gasteiger partial charge is 0.362 e. The Balaban J connectivity index is 0.000000371. The normalized spacial score (nSPS) is 17.7. The van der Waals surface area contributed by atoms with E-state index in [0.717, 1.165) is 5.70 Å². The predicted octanol–water partition coefficient (Wildman–Crippen LogP) is 1.14. The zero-order chi connectivity index (χ0) is 7.82. The molecule has 2 heteroatoms. The van der Waals surface area contributed by atoms with Crippen LogP contribution in [0.5, 0.6) is 0 Å². The number of nitrogens with one attached hydrogen (secondary N) is 1. The lowest BCUT2D eigenvalue weighted by Gasteiger charge is -2.01. The van der Waals surface area contributed by atoms with Gasteiger partial charge in [0.1, 0.15) is 0 Å². The van der Waals surface area contributed by atoms with Crippen molar-refractivity contribution in [3.8, 4) is 0 Å². The fourth-order valence-electron chi connectivity index (χ4n) is 0.587. The van der Waals surface area contributed by atoms with E-state index in [4.69, 9.17) is 0 Å². The Kier molecular flexibility index (Phi) is 5.48. The van der Waals surface area contributed by atoms with Crippen molar-refractivity contribution >= 4 is 0 Å². The number of hydrogen-bond donors (Lipinski definition) is 2. The molecule has 3 N–H and O–H groups in total. The van der Waals surface area contributed by atoms with Crippen LogP contribution in [0.1, 0.15) is 6.92 Å². The molecule has 1 aliphatic heterocycles. The van der Waals surface area contributed by atoms with E-state index in [9.17, 15) is 0 Å². The minimum Gasteiger partial charge on any atom is -0.362 e. The Morgan fingerprint density at radius 1 is 1.40 bits per heavy atom. The Bertz CT molecular complexity index is 155. The van der Waals surface area contributed by atoms with Crippen LogP contribution in [0, 0.1) is 0 Å². The second kappa shape index (κ2) is 6.11. The van der Waals surface area contributed by atoms with Gasteiger partial charge in [0.2, 0.25) is 0 Å². The molecule has 1 heterocycles. The average Bonchev–Trinajstić information content (AvgIpc) is 2.10. The van der Waals surface area contributed by atoms with Crippen molar-refractivity contribution < 1.29 is 0 Å². The maximum absolute atomic E-state index is 4.50. The van der Waals surface area contributed by atoms with E-state index in [1.165, 1.54) is 7.05 Å². The quantitative estimate of drug-likeness (QED) is 0.526. The van der Waals surface area contributed by atoms with Gasteiger partial charge in [-0.1, -0.05) is 12.2 Å². The first-order chi connectivity index (χ1) is 4.93. The van der Waals surface area contributed by atoms with Gasteiger partial charge in [0.05, 0.1) is 0 Å². The highest BCUT2D eigenvalue weighted by Gasteiger charge is 1.85. The van der Waals surface area contributed by atoms with Crippen molar-refractivity contribution in [2.45, 2.75) is 6.92 Å². The van der Waals surface area contributed by atoms with E-state index >= 15 is 0 Å². The zero-order valence-electron chi connectivity index (χ0n) is 6.46. The maximum Gasteiger partial charge on any atom is 0.0336 e. The van der Waals surface area contributed by atoms with E-state index < -0.39 is 0 Å². The van der Waals surface area contributed by atoms with Crippen molar-refractivity contribution in [3.63, 3.8) is 0 Å². The first-order valence-electron chi connectivity index (χ1n) is 3.27. The van der Waals surface area contributed by atoms with Crippen molar-refractivity contribution in [3.05, 3.63) is 36.2 Å². The molecule has 0 aromatic carbocycles. The van der Waals surface area contributed by atoms with E-state index in [0.29, 0.717) is 0 Å². The average molecular weight is 138 g/mol. The van der Waals surface area contributed by atoms with Gasteiger partial charge in [-0.25, -0.2) is 0 Å². The highest BCUT2D eigenvalue weighted by molar-refractivity contribution is 5.25. The van der Waals surface area contributed by atoms with Gasteiger partial charge in [0.25, 0.3) is 0 Å². The van der Waals surface area contributed by atoms with Gasteiger partial charge in [-0.15, -0.1) is 0 Å². The van der Waals surface area contributed by atoms with Crippen molar-refractivity contribution in [1.29, 1.82) is 0 Å². The van der Waals surface area contributed by atoms with E-state index in [1.54, 1.807) is 0 Å². The number of rotatable bonds is 0. The molecule has 0 amide bonds. The third kappa shape index (κ3) is 3.10. The van der Waals surface area contributed by atoms with E-state index in [2.05, 4.69) is 11.1 Å². The molecule has 0 saturated heterocycles. The van der Waals surface area contributed by atoms with Gasteiger partial charge in [-0.05, 0) is 26.1 Å². The van der Waals surface area contributed by atoms with Gasteiger partial charge in [-0.3, -0.25) is 0 Å². The Morgan fingerprint density at radius 2 is 2.10 bits per heavy atom. The summed E-state index contributed by atoms with van der Waals surface area (Å²) >= 11 is 0. The van der Waals surface area contributed by atoms with Gasteiger partial charge in [0, 0.05) is 11.9 Å². The predicted molar refractivity (Wildman–Crippen MR) is 45.3 cm³/mol. The number of allylic oxidation sites excluding steroid dienone is 4. The molecule has 1 aliphatic rings. The Morgan fingerprint density at radius 3 is 2.40 bits per heavy atom. The highest BCUT2D eigenvalue weighted by atomic mass is 14.8. The van der Waals surface area contributed by atoms with Crippen LogP contribution in [0.3, 0.4) is 0 Å². The molecular weight excluding hydrogens is 124 g/mol. The second-order valence-electron chi connectivity index (χ2n) is 1.61. The van der Waals surface area contributed by atoms with Gasteiger partial charge < -0.3 is 11.1 Å². The smallest absolute Gasteiger partial charge is 0.0336 e. The molecule has 56 valence electrons. The van der Waals surface area contributed by atoms with Gasteiger partial charge >= 0.3 is 0 Å². The van der Waals surface area contributed by atoms with Crippen LogP contribution >= 0.6 is 0 Å². The molecule has 0 saturated carbocycles. The van der Waals surface area contributed by atoms with Crippen LogP contribution in [0.25, 0.3) is 0 Å².